The molecule has 0 aliphatic carbocycles. The lowest BCUT2D eigenvalue weighted by Gasteiger charge is -2.22. The first-order valence-corrected chi connectivity index (χ1v) is 9.39. The highest BCUT2D eigenvalue weighted by Crippen LogP contribution is 2.26. The third kappa shape index (κ3) is 3.02. The number of sulfone groups is 1. The van der Waals surface area contributed by atoms with Crippen molar-refractivity contribution < 1.29 is 22.1 Å². The van der Waals surface area contributed by atoms with E-state index in [1.54, 1.807) is 13.8 Å². The van der Waals surface area contributed by atoms with Crippen molar-refractivity contribution in [1.29, 1.82) is 0 Å². The summed E-state index contributed by atoms with van der Waals surface area (Å²) in [6, 6.07) is 4.01. The Balaban J connectivity index is 1.78. The number of nitrogens with zero attached hydrogens (tertiary/aromatic N) is 2. The predicted octanol–water partition coefficient (Wildman–Crippen LogP) is 1.94. The second-order valence-electron chi connectivity index (χ2n) is 6.66. The molecule has 0 atom stereocenters. The Morgan fingerprint density at radius 2 is 2.12 bits per heavy atom. The summed E-state index contributed by atoms with van der Waals surface area (Å²) in [5, 5.41) is 4.31. The van der Waals surface area contributed by atoms with Crippen molar-refractivity contribution in [2.24, 2.45) is 0 Å². The average molecular weight is 354 g/mol. The van der Waals surface area contributed by atoms with E-state index in [2.05, 4.69) is 5.16 Å². The van der Waals surface area contributed by atoms with E-state index in [0.717, 1.165) is 0 Å². The summed E-state index contributed by atoms with van der Waals surface area (Å²) in [7, 11) is -3.24. The first-order chi connectivity index (χ1) is 11.2. The summed E-state index contributed by atoms with van der Waals surface area (Å²) in [5.41, 5.74) is 0.777. The van der Waals surface area contributed by atoms with Gasteiger partial charge in [0.2, 0.25) is 5.91 Å². The molecular formula is C16H19FN2O4S. The van der Waals surface area contributed by atoms with Crippen LogP contribution in [0.25, 0.3) is 11.0 Å². The van der Waals surface area contributed by atoms with Gasteiger partial charge in [0.1, 0.15) is 11.5 Å². The summed E-state index contributed by atoms with van der Waals surface area (Å²) in [6.07, 6.45) is 0.339. The van der Waals surface area contributed by atoms with E-state index in [0.29, 0.717) is 29.6 Å². The molecule has 1 amide bonds. The fraction of sp³-hybridized carbons (Fsp3) is 0.500. The molecule has 1 aliphatic heterocycles. The first kappa shape index (κ1) is 16.9. The molecule has 2 heterocycles. The lowest BCUT2D eigenvalue weighted by Crippen LogP contribution is -2.34. The zero-order valence-corrected chi connectivity index (χ0v) is 14.4. The fourth-order valence-electron chi connectivity index (χ4n) is 2.77. The van der Waals surface area contributed by atoms with Gasteiger partial charge in [0.15, 0.2) is 15.4 Å². The minimum atomic E-state index is -3.24. The molecule has 24 heavy (non-hydrogen) atoms. The van der Waals surface area contributed by atoms with Crippen molar-refractivity contribution >= 4 is 26.7 Å². The van der Waals surface area contributed by atoms with Gasteiger partial charge in [0.25, 0.3) is 0 Å². The van der Waals surface area contributed by atoms with Gasteiger partial charge in [-0.25, -0.2) is 12.8 Å². The van der Waals surface area contributed by atoms with Crippen LogP contribution in [0.15, 0.2) is 22.7 Å². The molecule has 6 nitrogen and oxygen atoms in total. The van der Waals surface area contributed by atoms with Gasteiger partial charge < -0.3 is 9.42 Å². The first-order valence-electron chi connectivity index (χ1n) is 7.73. The highest BCUT2D eigenvalue weighted by molar-refractivity contribution is 7.92. The number of carbonyl (C=O) groups excluding carboxylic acids is 1. The fourth-order valence-corrected chi connectivity index (χ4v) is 4.19. The predicted molar refractivity (Wildman–Crippen MR) is 86.7 cm³/mol. The molecule has 1 aromatic carbocycles. The highest BCUT2D eigenvalue weighted by Gasteiger charge is 2.38. The molecule has 8 heteroatoms. The van der Waals surface area contributed by atoms with E-state index in [1.165, 1.54) is 23.1 Å². The molecule has 1 aliphatic rings. The number of rotatable bonds is 2. The number of fused-ring (bicyclic) bond motifs is 1. The average Bonchev–Trinajstić information content (AvgIpc) is 2.84. The van der Waals surface area contributed by atoms with E-state index in [9.17, 15) is 17.6 Å². The maximum atomic E-state index is 13.4. The summed E-state index contributed by atoms with van der Waals surface area (Å²) in [4.78, 5) is 14.1. The molecular weight excluding hydrogens is 335 g/mol. The van der Waals surface area contributed by atoms with Crippen molar-refractivity contribution in [1.82, 2.24) is 10.1 Å². The van der Waals surface area contributed by atoms with Crippen LogP contribution in [-0.4, -0.2) is 48.0 Å². The van der Waals surface area contributed by atoms with Crippen molar-refractivity contribution in [2.75, 3.05) is 18.8 Å². The molecule has 1 fully saturated rings. The van der Waals surface area contributed by atoms with Gasteiger partial charge in [-0.3, -0.25) is 4.79 Å². The van der Waals surface area contributed by atoms with E-state index >= 15 is 0 Å². The number of carbonyl (C=O) groups is 1. The lowest BCUT2D eigenvalue weighted by atomic mass is 10.1. The molecule has 3 rings (SSSR count). The maximum absolute atomic E-state index is 13.4. The molecule has 1 aromatic heterocycles. The van der Waals surface area contributed by atoms with Crippen LogP contribution >= 0.6 is 0 Å². The standard InChI is InChI=1S/C16H19FN2O4S/c1-16(2)5-6-19(7-8-24(16,21)22)15(20)10-13-12-9-11(17)3-4-14(12)23-18-13/h3-4,9H,5-8,10H2,1-2H3. The van der Waals surface area contributed by atoms with Gasteiger partial charge in [0, 0.05) is 18.5 Å². The molecule has 130 valence electrons. The van der Waals surface area contributed by atoms with Gasteiger partial charge >= 0.3 is 0 Å². The molecule has 2 aromatic rings. The Bertz CT molecular complexity index is 889. The molecule has 0 N–H and O–H groups in total. The second-order valence-corrected chi connectivity index (χ2v) is 9.40. The smallest absolute Gasteiger partial charge is 0.228 e. The molecule has 0 radical (unpaired) electrons. The third-order valence-electron chi connectivity index (χ3n) is 4.63. The zero-order chi connectivity index (χ0) is 17.5. The van der Waals surface area contributed by atoms with Gasteiger partial charge in [-0.2, -0.15) is 0 Å². The third-order valence-corrected chi connectivity index (χ3v) is 7.24. The van der Waals surface area contributed by atoms with E-state index in [-0.39, 0.29) is 24.6 Å². The largest absolute Gasteiger partial charge is 0.356 e. The number of amides is 1. The Labute approximate surface area is 139 Å². The Morgan fingerprint density at radius 1 is 1.38 bits per heavy atom. The molecule has 1 saturated heterocycles. The summed E-state index contributed by atoms with van der Waals surface area (Å²) < 4.78 is 42.1. The van der Waals surface area contributed by atoms with E-state index < -0.39 is 20.4 Å². The van der Waals surface area contributed by atoms with Crippen LogP contribution < -0.4 is 0 Å². The van der Waals surface area contributed by atoms with Gasteiger partial charge in [-0.15, -0.1) is 0 Å². The SMILES string of the molecule is CC1(C)CCN(C(=O)Cc2noc3ccc(F)cc23)CCS1(=O)=O. The Morgan fingerprint density at radius 3 is 2.88 bits per heavy atom. The summed E-state index contributed by atoms with van der Waals surface area (Å²) in [6.45, 7) is 3.90. The van der Waals surface area contributed by atoms with Gasteiger partial charge in [0.05, 0.1) is 16.9 Å². The van der Waals surface area contributed by atoms with Gasteiger partial charge in [-0.05, 0) is 38.5 Å². The number of hydrogen-bond acceptors (Lipinski definition) is 5. The summed E-state index contributed by atoms with van der Waals surface area (Å²) in [5.74, 6) is -0.718. The normalized spacial score (nSPS) is 20.0. The van der Waals surface area contributed by atoms with Crippen LogP contribution in [0.4, 0.5) is 4.39 Å². The molecule has 0 spiro atoms. The number of benzene rings is 1. The van der Waals surface area contributed by atoms with Crippen molar-refractivity contribution in [3.8, 4) is 0 Å². The molecule has 0 unspecified atom stereocenters. The number of hydrogen-bond donors (Lipinski definition) is 0. The summed E-state index contributed by atoms with van der Waals surface area (Å²) >= 11 is 0. The Hall–Kier alpha value is -1.96. The lowest BCUT2D eigenvalue weighted by molar-refractivity contribution is -0.130. The van der Waals surface area contributed by atoms with Crippen molar-refractivity contribution in [2.45, 2.75) is 31.4 Å². The van der Waals surface area contributed by atoms with E-state index in [1.807, 2.05) is 0 Å². The maximum Gasteiger partial charge on any atom is 0.228 e. The van der Waals surface area contributed by atoms with Gasteiger partial charge in [-0.1, -0.05) is 5.16 Å². The number of aromatic nitrogens is 1. The monoisotopic (exact) mass is 354 g/mol. The minimum absolute atomic E-state index is 0.0447. The van der Waals surface area contributed by atoms with Crippen molar-refractivity contribution in [3.05, 3.63) is 29.7 Å². The second kappa shape index (κ2) is 5.84. The zero-order valence-electron chi connectivity index (χ0n) is 13.6. The minimum Gasteiger partial charge on any atom is -0.356 e. The van der Waals surface area contributed by atoms with Crippen LogP contribution in [0.3, 0.4) is 0 Å². The molecule has 0 bridgehead atoms. The quantitative estimate of drug-likeness (QED) is 0.823. The van der Waals surface area contributed by atoms with Crippen LogP contribution in [0.5, 0.6) is 0 Å². The Kier molecular flexibility index (Phi) is 4.11. The van der Waals surface area contributed by atoms with Crippen LogP contribution in [0.1, 0.15) is 26.0 Å². The van der Waals surface area contributed by atoms with Crippen LogP contribution in [0.2, 0.25) is 0 Å². The topological polar surface area (TPSA) is 80.5 Å². The van der Waals surface area contributed by atoms with Crippen LogP contribution in [-0.2, 0) is 21.1 Å². The number of halogens is 1. The van der Waals surface area contributed by atoms with E-state index in [4.69, 9.17) is 4.52 Å². The molecule has 0 saturated carbocycles. The van der Waals surface area contributed by atoms with Crippen molar-refractivity contribution in [3.63, 3.8) is 0 Å². The highest BCUT2D eigenvalue weighted by atomic mass is 32.2. The van der Waals surface area contributed by atoms with Crippen LogP contribution in [0, 0.1) is 5.82 Å².